The summed E-state index contributed by atoms with van der Waals surface area (Å²) in [6, 6.07) is 7.97. The fraction of sp³-hybridized carbons (Fsp3) is 0.357. The molecule has 96 valence electrons. The molecule has 1 heterocycles. The number of halogens is 1. The van der Waals surface area contributed by atoms with Gasteiger partial charge in [0.05, 0.1) is 12.6 Å². The minimum atomic E-state index is 0.587. The highest BCUT2D eigenvalue weighted by Crippen LogP contribution is 2.27. The van der Waals surface area contributed by atoms with Gasteiger partial charge in [0, 0.05) is 22.8 Å². The molecule has 4 heteroatoms. The number of fused-ring (bicyclic) bond motifs is 1. The van der Waals surface area contributed by atoms with E-state index in [9.17, 15) is 0 Å². The molecule has 2 aromatic rings. The Bertz CT molecular complexity index is 557. The third kappa shape index (κ3) is 3.09. The molecule has 0 aliphatic rings. The number of hydrogen-bond acceptors (Lipinski definition) is 3. The lowest BCUT2D eigenvalue weighted by Gasteiger charge is -2.08. The van der Waals surface area contributed by atoms with Gasteiger partial charge in [0.1, 0.15) is 10.9 Å². The van der Waals surface area contributed by atoms with Crippen molar-refractivity contribution in [3.05, 3.63) is 35.0 Å². The van der Waals surface area contributed by atoms with Gasteiger partial charge in [0.25, 0.3) is 0 Å². The summed E-state index contributed by atoms with van der Waals surface area (Å²) >= 11 is 8.08. The first-order valence-electron chi connectivity index (χ1n) is 5.85. The summed E-state index contributed by atoms with van der Waals surface area (Å²) in [7, 11) is 1.65. The minimum Gasteiger partial charge on any atom is -0.497 e. The van der Waals surface area contributed by atoms with Crippen molar-refractivity contribution in [2.45, 2.75) is 24.9 Å². The Kier molecular flexibility index (Phi) is 4.36. The van der Waals surface area contributed by atoms with Crippen molar-refractivity contribution in [3.8, 4) is 5.75 Å². The maximum atomic E-state index is 6.22. The molecule has 0 spiro atoms. The quantitative estimate of drug-likeness (QED) is 0.768. The zero-order valence-electron chi connectivity index (χ0n) is 10.7. The normalized spacial score (nSPS) is 11.2. The molecule has 0 aliphatic carbocycles. The van der Waals surface area contributed by atoms with E-state index >= 15 is 0 Å². The Balaban J connectivity index is 2.36. The van der Waals surface area contributed by atoms with Crippen LogP contribution in [0, 0.1) is 0 Å². The van der Waals surface area contributed by atoms with Crippen LogP contribution in [0.15, 0.2) is 24.3 Å². The molecule has 0 saturated carbocycles. The summed E-state index contributed by atoms with van der Waals surface area (Å²) in [5, 5.41) is 2.27. The van der Waals surface area contributed by atoms with Gasteiger partial charge in [-0.05, 0) is 23.4 Å². The molecule has 18 heavy (non-hydrogen) atoms. The van der Waals surface area contributed by atoms with Crippen LogP contribution in [-0.4, -0.2) is 17.3 Å². The first kappa shape index (κ1) is 13.5. The molecule has 2 rings (SSSR count). The molecular weight excluding hydrogens is 266 g/mol. The summed E-state index contributed by atoms with van der Waals surface area (Å²) in [6.07, 6.45) is 0. The minimum absolute atomic E-state index is 0.587. The smallest absolute Gasteiger partial charge is 0.133 e. The lowest BCUT2D eigenvalue weighted by atomic mass is 10.1. The maximum absolute atomic E-state index is 6.22. The van der Waals surface area contributed by atoms with Gasteiger partial charge < -0.3 is 4.74 Å². The van der Waals surface area contributed by atoms with Crippen LogP contribution < -0.4 is 4.74 Å². The molecule has 0 aliphatic heterocycles. The van der Waals surface area contributed by atoms with E-state index in [0.717, 1.165) is 28.0 Å². The summed E-state index contributed by atoms with van der Waals surface area (Å²) in [4.78, 5) is 4.43. The summed E-state index contributed by atoms with van der Waals surface area (Å²) in [5.41, 5.74) is 1.96. The van der Waals surface area contributed by atoms with Gasteiger partial charge in [-0.1, -0.05) is 25.4 Å². The van der Waals surface area contributed by atoms with Crippen LogP contribution in [0.5, 0.6) is 5.75 Å². The number of pyridine rings is 1. The van der Waals surface area contributed by atoms with E-state index in [1.54, 1.807) is 7.11 Å². The third-order valence-corrected chi connectivity index (χ3v) is 4.09. The molecular formula is C14H16ClNOS. The topological polar surface area (TPSA) is 22.1 Å². The Hall–Kier alpha value is -0.930. The fourth-order valence-electron chi connectivity index (χ4n) is 1.65. The lowest BCUT2D eigenvalue weighted by molar-refractivity contribution is 0.415. The van der Waals surface area contributed by atoms with Crippen molar-refractivity contribution in [1.29, 1.82) is 0 Å². The highest BCUT2D eigenvalue weighted by atomic mass is 35.5. The van der Waals surface area contributed by atoms with Crippen molar-refractivity contribution in [1.82, 2.24) is 4.98 Å². The largest absolute Gasteiger partial charge is 0.497 e. The Morgan fingerprint density at radius 2 is 2.11 bits per heavy atom. The molecule has 0 unspecified atom stereocenters. The Morgan fingerprint density at radius 1 is 1.33 bits per heavy atom. The van der Waals surface area contributed by atoms with E-state index in [0.29, 0.717) is 10.4 Å². The van der Waals surface area contributed by atoms with Gasteiger partial charge in [-0.25, -0.2) is 4.98 Å². The van der Waals surface area contributed by atoms with Crippen molar-refractivity contribution in [3.63, 3.8) is 0 Å². The standard InChI is InChI=1S/C14H16ClNOS/c1-9(2)18-8-11-6-10-4-5-12(17-3)7-13(10)16-14(11)15/h4-7,9H,8H2,1-3H3. The van der Waals surface area contributed by atoms with Crippen molar-refractivity contribution < 1.29 is 4.74 Å². The summed E-state index contributed by atoms with van der Waals surface area (Å²) < 4.78 is 5.18. The van der Waals surface area contributed by atoms with Crippen molar-refractivity contribution in [2.75, 3.05) is 7.11 Å². The van der Waals surface area contributed by atoms with E-state index in [2.05, 4.69) is 24.9 Å². The molecule has 0 amide bonds. The molecule has 0 fully saturated rings. The molecule has 0 bridgehead atoms. The van der Waals surface area contributed by atoms with E-state index in [4.69, 9.17) is 16.3 Å². The van der Waals surface area contributed by atoms with Crippen LogP contribution in [0.25, 0.3) is 10.9 Å². The number of nitrogens with zero attached hydrogens (tertiary/aromatic N) is 1. The van der Waals surface area contributed by atoms with Gasteiger partial charge in [-0.2, -0.15) is 11.8 Å². The van der Waals surface area contributed by atoms with E-state index in [-0.39, 0.29) is 0 Å². The first-order chi connectivity index (χ1) is 8.60. The fourth-order valence-corrected chi connectivity index (χ4v) is 2.68. The molecule has 0 radical (unpaired) electrons. The monoisotopic (exact) mass is 281 g/mol. The molecule has 1 aromatic carbocycles. The SMILES string of the molecule is COc1ccc2cc(CSC(C)C)c(Cl)nc2c1. The highest BCUT2D eigenvalue weighted by Gasteiger charge is 2.07. The lowest BCUT2D eigenvalue weighted by Crippen LogP contribution is -1.93. The number of ether oxygens (including phenoxy) is 1. The average Bonchev–Trinajstić information content (AvgIpc) is 2.35. The zero-order chi connectivity index (χ0) is 13.1. The summed E-state index contributed by atoms with van der Waals surface area (Å²) in [5.74, 6) is 1.70. The second kappa shape index (κ2) is 5.81. The van der Waals surface area contributed by atoms with E-state index in [1.807, 2.05) is 30.0 Å². The van der Waals surface area contributed by atoms with Gasteiger partial charge in [-0.15, -0.1) is 0 Å². The molecule has 0 N–H and O–H groups in total. The number of benzene rings is 1. The number of aromatic nitrogens is 1. The average molecular weight is 282 g/mol. The predicted octanol–water partition coefficient (Wildman–Crippen LogP) is 4.54. The van der Waals surface area contributed by atoms with Crippen LogP contribution in [0.2, 0.25) is 5.15 Å². The number of methoxy groups -OCH3 is 1. The number of hydrogen-bond donors (Lipinski definition) is 0. The maximum Gasteiger partial charge on any atom is 0.133 e. The molecule has 0 saturated heterocycles. The second-order valence-corrected chi connectivity index (χ2v) is 6.28. The number of rotatable bonds is 4. The Morgan fingerprint density at radius 3 is 2.78 bits per heavy atom. The summed E-state index contributed by atoms with van der Waals surface area (Å²) in [6.45, 7) is 4.36. The van der Waals surface area contributed by atoms with E-state index < -0.39 is 0 Å². The third-order valence-electron chi connectivity index (χ3n) is 2.62. The van der Waals surface area contributed by atoms with Crippen LogP contribution in [0.1, 0.15) is 19.4 Å². The molecule has 2 nitrogen and oxygen atoms in total. The van der Waals surface area contributed by atoms with E-state index in [1.165, 1.54) is 0 Å². The van der Waals surface area contributed by atoms with Gasteiger partial charge >= 0.3 is 0 Å². The predicted molar refractivity (Wildman–Crippen MR) is 79.7 cm³/mol. The van der Waals surface area contributed by atoms with Crippen molar-refractivity contribution in [2.24, 2.45) is 0 Å². The molecule has 1 aromatic heterocycles. The first-order valence-corrected chi connectivity index (χ1v) is 7.27. The highest BCUT2D eigenvalue weighted by molar-refractivity contribution is 7.99. The van der Waals surface area contributed by atoms with Crippen molar-refractivity contribution >= 4 is 34.3 Å². The number of thioether (sulfide) groups is 1. The van der Waals surface area contributed by atoms with Crippen LogP contribution in [-0.2, 0) is 5.75 Å². The van der Waals surface area contributed by atoms with Gasteiger partial charge in [0.15, 0.2) is 0 Å². The molecule has 0 atom stereocenters. The van der Waals surface area contributed by atoms with Gasteiger partial charge in [-0.3, -0.25) is 0 Å². The second-order valence-electron chi connectivity index (χ2n) is 4.36. The van der Waals surface area contributed by atoms with Crippen LogP contribution in [0.4, 0.5) is 0 Å². The van der Waals surface area contributed by atoms with Crippen LogP contribution in [0.3, 0.4) is 0 Å². The Labute approximate surface area is 117 Å². The van der Waals surface area contributed by atoms with Crippen LogP contribution >= 0.6 is 23.4 Å². The zero-order valence-corrected chi connectivity index (χ0v) is 12.3. The van der Waals surface area contributed by atoms with Gasteiger partial charge in [0.2, 0.25) is 0 Å².